The molecule has 0 bridgehead atoms. The summed E-state index contributed by atoms with van der Waals surface area (Å²) in [5, 5.41) is 11.9. The molecule has 0 spiro atoms. The van der Waals surface area contributed by atoms with Gasteiger partial charge in [0.05, 0.1) is 6.61 Å². The minimum atomic E-state index is -0.515. The van der Waals surface area contributed by atoms with Crippen LogP contribution in [0.5, 0.6) is 0 Å². The highest BCUT2D eigenvalue weighted by Gasteiger charge is 2.38. The van der Waals surface area contributed by atoms with E-state index in [0.717, 1.165) is 12.0 Å². The maximum absolute atomic E-state index is 12.6. The highest BCUT2D eigenvalue weighted by atomic mass is 16.3. The van der Waals surface area contributed by atoms with Crippen LogP contribution >= 0.6 is 0 Å². The summed E-state index contributed by atoms with van der Waals surface area (Å²) in [6.45, 7) is 6.07. The predicted molar refractivity (Wildman–Crippen MR) is 84.2 cm³/mol. The molecule has 0 unspecified atom stereocenters. The number of fused-ring (bicyclic) bond motifs is 1. The number of carbonyl (C=O) groups is 2. The molecule has 0 aliphatic carbocycles. The Morgan fingerprint density at radius 2 is 2.05 bits per heavy atom. The molecule has 2 amide bonds. The van der Waals surface area contributed by atoms with Crippen LogP contribution in [0, 0.1) is 5.92 Å². The van der Waals surface area contributed by atoms with E-state index >= 15 is 0 Å². The van der Waals surface area contributed by atoms with E-state index in [1.807, 2.05) is 32.0 Å². The smallest absolute Gasteiger partial charge is 0.255 e. The first kappa shape index (κ1) is 16.5. The summed E-state index contributed by atoms with van der Waals surface area (Å²) in [7, 11) is 0. The quantitative estimate of drug-likeness (QED) is 0.838. The molecule has 5 heteroatoms. The third-order valence-corrected chi connectivity index (χ3v) is 4.30. The number of rotatable bonds is 6. The molecular formula is C17H24N2O3. The monoisotopic (exact) mass is 304 g/mol. The number of benzene rings is 1. The van der Waals surface area contributed by atoms with Crippen molar-refractivity contribution in [3.8, 4) is 0 Å². The van der Waals surface area contributed by atoms with Crippen molar-refractivity contribution in [3.63, 3.8) is 0 Å². The molecule has 1 aromatic carbocycles. The van der Waals surface area contributed by atoms with Crippen molar-refractivity contribution >= 4 is 11.8 Å². The fourth-order valence-electron chi connectivity index (χ4n) is 2.81. The SMILES string of the molecule is CC[C@H](C)[C@@H](C(=O)N[C@H](C)CO)N1Cc2ccccc2C1=O. The van der Waals surface area contributed by atoms with Gasteiger partial charge in [0, 0.05) is 18.2 Å². The highest BCUT2D eigenvalue weighted by molar-refractivity contribution is 6.01. The number of aliphatic hydroxyl groups excluding tert-OH is 1. The van der Waals surface area contributed by atoms with Crippen LogP contribution in [0.15, 0.2) is 24.3 Å². The molecule has 1 aliphatic rings. The van der Waals surface area contributed by atoms with Crippen LogP contribution in [0.3, 0.4) is 0 Å². The average molecular weight is 304 g/mol. The molecule has 3 atom stereocenters. The lowest BCUT2D eigenvalue weighted by molar-refractivity contribution is -0.128. The first-order valence-corrected chi connectivity index (χ1v) is 7.79. The van der Waals surface area contributed by atoms with Gasteiger partial charge in [0.25, 0.3) is 5.91 Å². The van der Waals surface area contributed by atoms with E-state index in [9.17, 15) is 9.59 Å². The van der Waals surface area contributed by atoms with Gasteiger partial charge in [0.15, 0.2) is 0 Å². The lowest BCUT2D eigenvalue weighted by atomic mass is 9.96. The fourth-order valence-corrected chi connectivity index (χ4v) is 2.81. The highest BCUT2D eigenvalue weighted by Crippen LogP contribution is 2.28. The first-order valence-electron chi connectivity index (χ1n) is 7.79. The van der Waals surface area contributed by atoms with E-state index in [0.29, 0.717) is 12.1 Å². The van der Waals surface area contributed by atoms with Gasteiger partial charge in [0.1, 0.15) is 6.04 Å². The molecule has 22 heavy (non-hydrogen) atoms. The molecule has 1 aliphatic heterocycles. The Morgan fingerprint density at radius 3 is 2.64 bits per heavy atom. The van der Waals surface area contributed by atoms with E-state index < -0.39 is 6.04 Å². The zero-order chi connectivity index (χ0) is 16.3. The van der Waals surface area contributed by atoms with Gasteiger partial charge in [0.2, 0.25) is 5.91 Å². The van der Waals surface area contributed by atoms with Gasteiger partial charge in [-0.15, -0.1) is 0 Å². The summed E-state index contributed by atoms with van der Waals surface area (Å²) in [6.07, 6.45) is 0.797. The minimum absolute atomic E-state index is 0.0455. The van der Waals surface area contributed by atoms with Crippen LogP contribution in [-0.4, -0.2) is 40.5 Å². The summed E-state index contributed by atoms with van der Waals surface area (Å²) < 4.78 is 0. The number of carbonyl (C=O) groups excluding carboxylic acids is 2. The van der Waals surface area contributed by atoms with E-state index in [1.165, 1.54) is 0 Å². The molecule has 1 aromatic rings. The summed E-state index contributed by atoms with van der Waals surface area (Å²) in [5.74, 6) is -0.242. The van der Waals surface area contributed by atoms with Crippen LogP contribution in [0.4, 0.5) is 0 Å². The minimum Gasteiger partial charge on any atom is -0.394 e. The number of amides is 2. The third-order valence-electron chi connectivity index (χ3n) is 4.30. The molecule has 1 heterocycles. The predicted octanol–water partition coefficient (Wildman–Crippen LogP) is 1.55. The van der Waals surface area contributed by atoms with Crippen LogP contribution in [-0.2, 0) is 11.3 Å². The number of hydrogen-bond acceptors (Lipinski definition) is 3. The standard InChI is InChI=1S/C17H24N2O3/c1-4-11(2)15(16(21)18-12(3)10-20)19-9-13-7-5-6-8-14(13)17(19)22/h5-8,11-12,15,20H,4,9-10H2,1-3H3,(H,18,21)/t11-,12+,15-/m0/s1. The fraction of sp³-hybridized carbons (Fsp3) is 0.529. The van der Waals surface area contributed by atoms with Gasteiger partial charge in [-0.05, 0) is 24.5 Å². The Kier molecular flexibility index (Phi) is 5.19. The van der Waals surface area contributed by atoms with Crippen molar-refractivity contribution < 1.29 is 14.7 Å². The molecule has 2 rings (SSSR count). The topological polar surface area (TPSA) is 69.6 Å². The van der Waals surface area contributed by atoms with E-state index in [2.05, 4.69) is 5.32 Å². The number of nitrogens with one attached hydrogen (secondary N) is 1. The third kappa shape index (κ3) is 3.14. The lowest BCUT2D eigenvalue weighted by Gasteiger charge is -2.32. The van der Waals surface area contributed by atoms with E-state index in [-0.39, 0.29) is 30.4 Å². The normalized spacial score (nSPS) is 17.8. The van der Waals surface area contributed by atoms with Gasteiger partial charge in [-0.1, -0.05) is 38.5 Å². The molecule has 0 fully saturated rings. The zero-order valence-corrected chi connectivity index (χ0v) is 13.4. The molecular weight excluding hydrogens is 280 g/mol. The van der Waals surface area contributed by atoms with Crippen LogP contribution in [0.1, 0.15) is 43.1 Å². The molecule has 2 N–H and O–H groups in total. The second-order valence-electron chi connectivity index (χ2n) is 6.01. The van der Waals surface area contributed by atoms with Crippen molar-refractivity contribution in [2.45, 2.75) is 45.8 Å². The maximum atomic E-state index is 12.6. The van der Waals surface area contributed by atoms with Crippen LogP contribution in [0.25, 0.3) is 0 Å². The Bertz CT molecular complexity index is 559. The Morgan fingerprint density at radius 1 is 1.36 bits per heavy atom. The molecule has 0 saturated heterocycles. The van der Waals surface area contributed by atoms with Gasteiger partial charge in [-0.2, -0.15) is 0 Å². The largest absolute Gasteiger partial charge is 0.394 e. The van der Waals surface area contributed by atoms with Crippen molar-refractivity contribution in [1.29, 1.82) is 0 Å². The van der Waals surface area contributed by atoms with Crippen LogP contribution < -0.4 is 5.32 Å². The van der Waals surface area contributed by atoms with Gasteiger partial charge >= 0.3 is 0 Å². The summed E-state index contributed by atoms with van der Waals surface area (Å²) in [6, 6.07) is 6.64. The second-order valence-corrected chi connectivity index (χ2v) is 6.01. The van der Waals surface area contributed by atoms with Gasteiger partial charge in [-0.25, -0.2) is 0 Å². The molecule has 120 valence electrons. The van der Waals surface area contributed by atoms with Crippen molar-refractivity contribution in [2.24, 2.45) is 5.92 Å². The Hall–Kier alpha value is -1.88. The number of nitrogens with zero attached hydrogens (tertiary/aromatic N) is 1. The number of hydrogen-bond donors (Lipinski definition) is 2. The summed E-state index contributed by atoms with van der Waals surface area (Å²) >= 11 is 0. The summed E-state index contributed by atoms with van der Waals surface area (Å²) in [4.78, 5) is 26.8. The Labute approximate surface area is 131 Å². The zero-order valence-electron chi connectivity index (χ0n) is 13.4. The van der Waals surface area contributed by atoms with Crippen molar-refractivity contribution in [3.05, 3.63) is 35.4 Å². The van der Waals surface area contributed by atoms with Crippen molar-refractivity contribution in [1.82, 2.24) is 10.2 Å². The molecule has 0 aromatic heterocycles. The van der Waals surface area contributed by atoms with E-state index in [1.54, 1.807) is 17.9 Å². The first-order chi connectivity index (χ1) is 10.5. The summed E-state index contributed by atoms with van der Waals surface area (Å²) in [5.41, 5.74) is 1.64. The lowest BCUT2D eigenvalue weighted by Crippen LogP contribution is -2.52. The van der Waals surface area contributed by atoms with E-state index in [4.69, 9.17) is 5.11 Å². The molecule has 0 radical (unpaired) electrons. The molecule has 5 nitrogen and oxygen atoms in total. The Balaban J connectivity index is 2.24. The molecule has 0 saturated carbocycles. The second kappa shape index (κ2) is 6.92. The van der Waals surface area contributed by atoms with Gasteiger partial charge in [-0.3, -0.25) is 9.59 Å². The van der Waals surface area contributed by atoms with Gasteiger partial charge < -0.3 is 15.3 Å². The number of aliphatic hydroxyl groups is 1. The van der Waals surface area contributed by atoms with Crippen LogP contribution in [0.2, 0.25) is 0 Å². The van der Waals surface area contributed by atoms with Crippen molar-refractivity contribution in [2.75, 3.05) is 6.61 Å². The average Bonchev–Trinajstić information content (AvgIpc) is 2.84. The maximum Gasteiger partial charge on any atom is 0.255 e.